The molecule has 3 nitrogen and oxygen atoms in total. The molecule has 3 aromatic rings. The summed E-state index contributed by atoms with van der Waals surface area (Å²) in [6.45, 7) is 7.99. The maximum absolute atomic E-state index is 12.6. The van der Waals surface area contributed by atoms with E-state index in [1.54, 1.807) is 12.1 Å². The Kier molecular flexibility index (Phi) is 4.63. The fourth-order valence-corrected chi connectivity index (χ4v) is 3.30. The van der Waals surface area contributed by atoms with E-state index in [0.29, 0.717) is 16.2 Å². The van der Waals surface area contributed by atoms with Crippen LogP contribution < -0.4 is 10.5 Å². The van der Waals surface area contributed by atoms with E-state index in [0.717, 1.165) is 35.3 Å². The summed E-state index contributed by atoms with van der Waals surface area (Å²) < 4.78 is 5.62. The van der Waals surface area contributed by atoms with Gasteiger partial charge in [0, 0.05) is 35.3 Å². The van der Waals surface area contributed by atoms with Crippen LogP contribution in [-0.4, -0.2) is 13.1 Å². The zero-order valence-corrected chi connectivity index (χ0v) is 14.9. The largest absolute Gasteiger partial charge is 0.422 e. The molecule has 0 saturated heterocycles. The van der Waals surface area contributed by atoms with E-state index in [1.807, 2.05) is 31.2 Å². The normalized spacial score (nSPS) is 11.0. The molecule has 0 saturated carbocycles. The highest BCUT2D eigenvalue weighted by atomic mass is 35.5. The van der Waals surface area contributed by atoms with E-state index in [1.165, 1.54) is 0 Å². The van der Waals surface area contributed by atoms with E-state index in [-0.39, 0.29) is 5.63 Å². The van der Waals surface area contributed by atoms with Gasteiger partial charge in [-0.15, -0.1) is 0 Å². The van der Waals surface area contributed by atoms with Crippen LogP contribution in [-0.2, 0) is 0 Å². The summed E-state index contributed by atoms with van der Waals surface area (Å²) >= 11 is 6.07. The van der Waals surface area contributed by atoms with Crippen molar-refractivity contribution in [1.29, 1.82) is 0 Å². The van der Waals surface area contributed by atoms with Gasteiger partial charge in [0.25, 0.3) is 0 Å². The molecule has 1 aromatic heterocycles. The van der Waals surface area contributed by atoms with Gasteiger partial charge in [-0.05, 0) is 56.2 Å². The molecule has 0 amide bonds. The molecule has 24 heavy (non-hydrogen) atoms. The average molecular weight is 342 g/mol. The van der Waals surface area contributed by atoms with Gasteiger partial charge < -0.3 is 9.32 Å². The van der Waals surface area contributed by atoms with Crippen LogP contribution in [0.15, 0.2) is 51.7 Å². The Labute approximate surface area is 146 Å². The highest BCUT2D eigenvalue weighted by Gasteiger charge is 2.14. The number of benzene rings is 2. The lowest BCUT2D eigenvalue weighted by Gasteiger charge is -2.21. The zero-order valence-electron chi connectivity index (χ0n) is 14.1. The molecule has 0 bridgehead atoms. The van der Waals surface area contributed by atoms with E-state index < -0.39 is 0 Å². The van der Waals surface area contributed by atoms with Gasteiger partial charge in [-0.3, -0.25) is 0 Å². The molecule has 3 rings (SSSR count). The predicted molar refractivity (Wildman–Crippen MR) is 101 cm³/mol. The molecule has 0 aliphatic carbocycles. The van der Waals surface area contributed by atoms with E-state index in [2.05, 4.69) is 24.8 Å². The minimum absolute atomic E-state index is 0.334. The maximum Gasteiger partial charge on any atom is 0.344 e. The highest BCUT2D eigenvalue weighted by molar-refractivity contribution is 6.30. The summed E-state index contributed by atoms with van der Waals surface area (Å²) in [4.78, 5) is 14.8. The molecule has 0 fully saturated rings. The third kappa shape index (κ3) is 2.92. The van der Waals surface area contributed by atoms with Crippen molar-refractivity contribution in [2.75, 3.05) is 18.0 Å². The smallest absolute Gasteiger partial charge is 0.344 e. The van der Waals surface area contributed by atoms with E-state index in [9.17, 15) is 4.79 Å². The van der Waals surface area contributed by atoms with Crippen molar-refractivity contribution in [3.05, 3.63) is 63.5 Å². The van der Waals surface area contributed by atoms with Gasteiger partial charge in [0.05, 0.1) is 5.56 Å². The molecule has 1 heterocycles. The number of rotatable bonds is 4. The lowest BCUT2D eigenvalue weighted by molar-refractivity contribution is 0.562. The summed E-state index contributed by atoms with van der Waals surface area (Å²) in [5, 5.41) is 1.55. The van der Waals surface area contributed by atoms with Crippen molar-refractivity contribution in [1.82, 2.24) is 0 Å². The fourth-order valence-electron chi connectivity index (χ4n) is 3.11. The summed E-state index contributed by atoms with van der Waals surface area (Å²) in [5.74, 6) is 0. The predicted octanol–water partition coefficient (Wildman–Crippen LogP) is 5.27. The third-order valence-electron chi connectivity index (χ3n) is 4.39. The van der Waals surface area contributed by atoms with Crippen LogP contribution in [0, 0.1) is 6.92 Å². The van der Waals surface area contributed by atoms with Gasteiger partial charge in [-0.25, -0.2) is 4.79 Å². The zero-order chi connectivity index (χ0) is 17.3. The van der Waals surface area contributed by atoms with Crippen LogP contribution in [0.3, 0.4) is 0 Å². The van der Waals surface area contributed by atoms with Crippen molar-refractivity contribution in [3.8, 4) is 11.1 Å². The second kappa shape index (κ2) is 6.70. The first-order valence-electron chi connectivity index (χ1n) is 8.13. The van der Waals surface area contributed by atoms with Crippen molar-refractivity contribution >= 4 is 28.3 Å². The standard InChI is InChI=1S/C20H20ClNO2/c1-4-22(5-2)16-9-10-17-13(3)19(20(23)24-18(17)12-16)14-7-6-8-15(21)11-14/h6-12H,4-5H2,1-3H3. The molecule has 0 atom stereocenters. The SMILES string of the molecule is CCN(CC)c1ccc2c(C)c(-c3cccc(Cl)c3)c(=O)oc2c1. The average Bonchev–Trinajstić information content (AvgIpc) is 2.56. The number of fused-ring (bicyclic) bond motifs is 1. The van der Waals surface area contributed by atoms with Crippen LogP contribution in [0.2, 0.25) is 5.02 Å². The molecular weight excluding hydrogens is 322 g/mol. The minimum Gasteiger partial charge on any atom is -0.422 e. The molecule has 0 aliphatic heterocycles. The van der Waals surface area contributed by atoms with Crippen molar-refractivity contribution in [3.63, 3.8) is 0 Å². The Morgan fingerprint density at radius 1 is 1.08 bits per heavy atom. The molecule has 4 heteroatoms. The third-order valence-corrected chi connectivity index (χ3v) is 4.63. The van der Waals surface area contributed by atoms with Gasteiger partial charge in [-0.2, -0.15) is 0 Å². The van der Waals surface area contributed by atoms with Crippen molar-refractivity contribution in [2.45, 2.75) is 20.8 Å². The van der Waals surface area contributed by atoms with Crippen molar-refractivity contribution < 1.29 is 4.42 Å². The Hall–Kier alpha value is -2.26. The Balaban J connectivity index is 2.22. The first kappa shape index (κ1) is 16.6. The van der Waals surface area contributed by atoms with E-state index >= 15 is 0 Å². The molecule has 2 aromatic carbocycles. The Bertz CT molecular complexity index is 942. The minimum atomic E-state index is -0.334. The number of anilines is 1. The van der Waals surface area contributed by atoms with Crippen molar-refractivity contribution in [2.24, 2.45) is 0 Å². The van der Waals surface area contributed by atoms with Gasteiger partial charge >= 0.3 is 5.63 Å². The highest BCUT2D eigenvalue weighted by Crippen LogP contribution is 2.30. The molecule has 0 N–H and O–H groups in total. The van der Waals surface area contributed by atoms with Crippen LogP contribution in [0.25, 0.3) is 22.1 Å². The summed E-state index contributed by atoms with van der Waals surface area (Å²) in [6, 6.07) is 13.3. The molecule has 0 spiro atoms. The number of halogens is 1. The fraction of sp³-hybridized carbons (Fsp3) is 0.250. The molecule has 124 valence electrons. The summed E-state index contributed by atoms with van der Waals surface area (Å²) in [5.41, 5.74) is 3.61. The maximum atomic E-state index is 12.6. The quantitative estimate of drug-likeness (QED) is 0.606. The first-order valence-corrected chi connectivity index (χ1v) is 8.51. The molecule has 0 radical (unpaired) electrons. The van der Waals surface area contributed by atoms with Crippen LogP contribution in [0.4, 0.5) is 5.69 Å². The van der Waals surface area contributed by atoms with Gasteiger partial charge in [0.15, 0.2) is 0 Å². The molecular formula is C20H20ClNO2. The monoisotopic (exact) mass is 341 g/mol. The summed E-state index contributed by atoms with van der Waals surface area (Å²) in [7, 11) is 0. The van der Waals surface area contributed by atoms with Gasteiger partial charge in [-0.1, -0.05) is 23.7 Å². The number of hydrogen-bond donors (Lipinski definition) is 0. The van der Waals surface area contributed by atoms with Crippen LogP contribution in [0.1, 0.15) is 19.4 Å². The van der Waals surface area contributed by atoms with Crippen LogP contribution >= 0.6 is 11.6 Å². The number of hydrogen-bond acceptors (Lipinski definition) is 3. The molecule has 0 aliphatic rings. The second-order valence-electron chi connectivity index (χ2n) is 5.75. The summed E-state index contributed by atoms with van der Waals surface area (Å²) in [6.07, 6.45) is 0. The molecule has 0 unspecified atom stereocenters. The number of nitrogens with zero attached hydrogens (tertiary/aromatic N) is 1. The number of aryl methyl sites for hydroxylation is 1. The first-order chi connectivity index (χ1) is 11.5. The second-order valence-corrected chi connectivity index (χ2v) is 6.19. The topological polar surface area (TPSA) is 33.5 Å². The van der Waals surface area contributed by atoms with Gasteiger partial charge in [0.2, 0.25) is 0 Å². The Morgan fingerprint density at radius 2 is 1.83 bits per heavy atom. The van der Waals surface area contributed by atoms with Crippen LogP contribution in [0.5, 0.6) is 0 Å². The lowest BCUT2D eigenvalue weighted by atomic mass is 9.99. The van der Waals surface area contributed by atoms with Gasteiger partial charge in [0.1, 0.15) is 5.58 Å². The lowest BCUT2D eigenvalue weighted by Crippen LogP contribution is -2.21. The Morgan fingerprint density at radius 3 is 2.50 bits per heavy atom. The van der Waals surface area contributed by atoms with E-state index in [4.69, 9.17) is 16.0 Å².